The highest BCUT2D eigenvalue weighted by Gasteiger charge is 2.53. The third-order valence-electron chi connectivity index (χ3n) is 2.97. The minimum Gasteiger partial charge on any atom is -0.463 e. The van der Waals surface area contributed by atoms with E-state index in [1.165, 1.54) is 0 Å². The Hall–Kier alpha value is -1.06. The molecule has 1 atom stereocenters. The summed E-state index contributed by atoms with van der Waals surface area (Å²) in [5.74, 6) is -0.193. The average Bonchev–Trinajstić information content (AvgIpc) is 2.22. The van der Waals surface area contributed by atoms with Gasteiger partial charge in [0.1, 0.15) is 0 Å². The lowest BCUT2D eigenvalue weighted by Crippen LogP contribution is -2.54. The maximum Gasteiger partial charge on any atom is 0.351 e. The highest BCUT2D eigenvalue weighted by atomic mass is 16.6. The van der Waals surface area contributed by atoms with E-state index in [4.69, 9.17) is 9.47 Å². The van der Waals surface area contributed by atoms with Crippen LogP contribution in [0.25, 0.3) is 0 Å². The van der Waals surface area contributed by atoms with Crippen LogP contribution in [-0.2, 0) is 19.1 Å². The molecule has 4 nitrogen and oxygen atoms in total. The van der Waals surface area contributed by atoms with Gasteiger partial charge in [-0.25, -0.2) is 4.79 Å². The summed E-state index contributed by atoms with van der Waals surface area (Å²) in [5, 5.41) is 0. The number of carbonyl (C=O) groups excluding carboxylic acids is 2. The Kier molecular flexibility index (Phi) is 4.97. The largest absolute Gasteiger partial charge is 0.463 e. The van der Waals surface area contributed by atoms with E-state index in [1.807, 2.05) is 6.92 Å². The first-order valence-electron chi connectivity index (χ1n) is 6.39. The minimum absolute atomic E-state index is 0.171. The predicted molar refractivity (Wildman–Crippen MR) is 63.4 cm³/mol. The first-order chi connectivity index (χ1) is 8.00. The first-order valence-corrected chi connectivity index (χ1v) is 6.39. The molecule has 1 fully saturated rings. The summed E-state index contributed by atoms with van der Waals surface area (Å²) in [7, 11) is 0. The van der Waals surface area contributed by atoms with E-state index < -0.39 is 5.60 Å². The lowest BCUT2D eigenvalue weighted by Gasteiger charge is -2.38. The van der Waals surface area contributed by atoms with Gasteiger partial charge >= 0.3 is 11.9 Å². The van der Waals surface area contributed by atoms with Crippen LogP contribution in [0.1, 0.15) is 52.9 Å². The number of cyclic esters (lactones) is 1. The van der Waals surface area contributed by atoms with E-state index >= 15 is 0 Å². The summed E-state index contributed by atoms with van der Waals surface area (Å²) in [6.45, 7) is 6.61. The second-order valence-corrected chi connectivity index (χ2v) is 5.07. The number of hydrogen-bond acceptors (Lipinski definition) is 4. The molecule has 0 bridgehead atoms. The van der Waals surface area contributed by atoms with E-state index in [-0.39, 0.29) is 18.4 Å². The van der Waals surface area contributed by atoms with Gasteiger partial charge in [-0.05, 0) is 25.2 Å². The molecule has 0 aromatic carbocycles. The van der Waals surface area contributed by atoms with Crippen molar-refractivity contribution in [1.82, 2.24) is 0 Å². The van der Waals surface area contributed by atoms with Gasteiger partial charge in [-0.15, -0.1) is 0 Å². The van der Waals surface area contributed by atoms with Gasteiger partial charge in [0, 0.05) is 0 Å². The SMILES string of the molecule is CCCCOC(=O)[C@@]1(CCC(C)C)CC(=O)O1. The van der Waals surface area contributed by atoms with Crippen molar-refractivity contribution in [2.24, 2.45) is 5.92 Å². The summed E-state index contributed by atoms with van der Waals surface area (Å²) in [6.07, 6.45) is 3.42. The molecule has 1 aliphatic heterocycles. The van der Waals surface area contributed by atoms with Gasteiger partial charge in [0.15, 0.2) is 0 Å². The molecule has 4 heteroatoms. The molecule has 0 aliphatic carbocycles. The molecule has 0 radical (unpaired) electrons. The van der Waals surface area contributed by atoms with Crippen molar-refractivity contribution >= 4 is 11.9 Å². The Morgan fingerprint density at radius 3 is 2.65 bits per heavy atom. The second kappa shape index (κ2) is 6.03. The molecule has 98 valence electrons. The van der Waals surface area contributed by atoms with E-state index in [1.54, 1.807) is 0 Å². The summed E-state index contributed by atoms with van der Waals surface area (Å²) < 4.78 is 10.2. The number of ether oxygens (including phenoxy) is 2. The smallest absolute Gasteiger partial charge is 0.351 e. The topological polar surface area (TPSA) is 52.6 Å². The van der Waals surface area contributed by atoms with Crippen molar-refractivity contribution in [3.8, 4) is 0 Å². The number of hydrogen-bond donors (Lipinski definition) is 0. The van der Waals surface area contributed by atoms with Gasteiger partial charge in [-0.2, -0.15) is 0 Å². The predicted octanol–water partition coefficient (Wildman–Crippen LogP) is 2.45. The molecule has 0 spiro atoms. The monoisotopic (exact) mass is 242 g/mol. The van der Waals surface area contributed by atoms with Crippen LogP contribution in [0.3, 0.4) is 0 Å². The number of esters is 2. The molecule has 0 N–H and O–H groups in total. The molecule has 17 heavy (non-hydrogen) atoms. The van der Waals surface area contributed by atoms with Crippen LogP contribution in [0.2, 0.25) is 0 Å². The third-order valence-corrected chi connectivity index (χ3v) is 2.97. The zero-order valence-corrected chi connectivity index (χ0v) is 11.0. The molecule has 0 unspecified atom stereocenters. The molecule has 0 amide bonds. The van der Waals surface area contributed by atoms with Crippen molar-refractivity contribution < 1.29 is 19.1 Å². The van der Waals surface area contributed by atoms with Crippen molar-refractivity contribution in [2.45, 2.75) is 58.5 Å². The van der Waals surface area contributed by atoms with E-state index in [0.717, 1.165) is 19.3 Å². The standard InChI is InChI=1S/C13H22O4/c1-4-5-8-16-12(15)13(7-6-10(2)3)9-11(14)17-13/h10H,4-9H2,1-3H3/t13-/m1/s1. The first kappa shape index (κ1) is 14.0. The fourth-order valence-corrected chi connectivity index (χ4v) is 1.76. The summed E-state index contributed by atoms with van der Waals surface area (Å²) >= 11 is 0. The molecule has 0 aromatic heterocycles. The van der Waals surface area contributed by atoms with Gasteiger partial charge < -0.3 is 9.47 Å². The van der Waals surface area contributed by atoms with Gasteiger partial charge in [0.25, 0.3) is 0 Å². The fourth-order valence-electron chi connectivity index (χ4n) is 1.76. The van der Waals surface area contributed by atoms with E-state index in [0.29, 0.717) is 18.9 Å². The molecule has 0 aromatic rings. The minimum atomic E-state index is -0.977. The molecular weight excluding hydrogens is 220 g/mol. The van der Waals surface area contributed by atoms with Gasteiger partial charge in [-0.3, -0.25) is 4.79 Å². The fraction of sp³-hybridized carbons (Fsp3) is 0.846. The lowest BCUT2D eigenvalue weighted by molar-refractivity contribution is -0.209. The molecular formula is C13H22O4. The van der Waals surface area contributed by atoms with Crippen LogP contribution < -0.4 is 0 Å². The van der Waals surface area contributed by atoms with Crippen molar-refractivity contribution in [2.75, 3.05) is 6.61 Å². The molecule has 1 rings (SSSR count). The second-order valence-electron chi connectivity index (χ2n) is 5.07. The highest BCUT2D eigenvalue weighted by molar-refractivity contribution is 5.93. The van der Waals surface area contributed by atoms with Crippen LogP contribution in [0, 0.1) is 5.92 Å². The van der Waals surface area contributed by atoms with E-state index in [2.05, 4.69) is 13.8 Å². The van der Waals surface area contributed by atoms with Crippen molar-refractivity contribution in [3.05, 3.63) is 0 Å². The molecule has 1 aliphatic rings. The van der Waals surface area contributed by atoms with Gasteiger partial charge in [0.2, 0.25) is 5.60 Å². The van der Waals surface area contributed by atoms with Crippen LogP contribution >= 0.6 is 0 Å². The zero-order chi connectivity index (χ0) is 12.9. The normalized spacial score (nSPS) is 23.2. The third kappa shape index (κ3) is 3.72. The van der Waals surface area contributed by atoms with Crippen molar-refractivity contribution in [1.29, 1.82) is 0 Å². The van der Waals surface area contributed by atoms with Crippen molar-refractivity contribution in [3.63, 3.8) is 0 Å². The Labute approximate surface area is 103 Å². The van der Waals surface area contributed by atoms with Crippen LogP contribution in [0.4, 0.5) is 0 Å². The van der Waals surface area contributed by atoms with Gasteiger partial charge in [-0.1, -0.05) is 27.2 Å². The molecule has 1 heterocycles. The summed E-state index contributed by atoms with van der Waals surface area (Å²) in [6, 6.07) is 0. The summed E-state index contributed by atoms with van der Waals surface area (Å²) in [5.41, 5.74) is -0.977. The lowest BCUT2D eigenvalue weighted by atomic mass is 9.86. The maximum atomic E-state index is 11.9. The van der Waals surface area contributed by atoms with Crippen LogP contribution in [0.5, 0.6) is 0 Å². The Morgan fingerprint density at radius 2 is 2.18 bits per heavy atom. The Bertz CT molecular complexity index is 275. The van der Waals surface area contributed by atoms with E-state index in [9.17, 15) is 9.59 Å². The van der Waals surface area contributed by atoms with Crippen LogP contribution in [0.15, 0.2) is 0 Å². The number of unbranched alkanes of at least 4 members (excludes halogenated alkanes) is 1. The number of rotatable bonds is 7. The molecule has 1 saturated heterocycles. The zero-order valence-electron chi connectivity index (χ0n) is 11.0. The maximum absolute atomic E-state index is 11.9. The molecule has 0 saturated carbocycles. The average molecular weight is 242 g/mol. The summed E-state index contributed by atoms with van der Waals surface area (Å²) in [4.78, 5) is 22.8. The van der Waals surface area contributed by atoms with Gasteiger partial charge in [0.05, 0.1) is 13.0 Å². The Morgan fingerprint density at radius 1 is 1.53 bits per heavy atom. The quantitative estimate of drug-likeness (QED) is 0.508. The number of carbonyl (C=O) groups is 2. The highest BCUT2D eigenvalue weighted by Crippen LogP contribution is 2.35. The Balaban J connectivity index is 2.46. The van der Waals surface area contributed by atoms with Crippen LogP contribution in [-0.4, -0.2) is 24.1 Å².